The Morgan fingerprint density at radius 2 is 0.714 bits per heavy atom. The molecule has 0 heterocycles. The van der Waals surface area contributed by atoms with Gasteiger partial charge >= 0.3 is 0 Å². The van der Waals surface area contributed by atoms with Crippen LogP contribution >= 0.6 is 11.6 Å². The molecule has 0 aliphatic heterocycles. The van der Waals surface area contributed by atoms with Gasteiger partial charge in [0.05, 0.1) is 22.1 Å². The predicted octanol–water partition coefficient (Wildman–Crippen LogP) is 20.8. The molecule has 9 rings (SSSR count). The van der Waals surface area contributed by atoms with Crippen molar-refractivity contribution in [1.82, 2.24) is 0 Å². The molecule has 70 heavy (non-hydrogen) atoms. The number of anilines is 6. The van der Waals surface area contributed by atoms with Crippen LogP contribution < -0.4 is 9.80 Å². The highest BCUT2D eigenvalue weighted by Crippen LogP contribution is 2.50. The average Bonchev–Trinajstić information content (AvgIpc) is 3.37. The SMILES string of the molecule is CCC(C)(C)c1ccc(N(c2ccc(C(C)(C)CC)cc2)c2cccc(N(c3ccc(C(C)(C)CC)cc3)c3ccc(C(C)(C)C)cc3-c3ccc4c5ccccc5c5ccccc5c4c3)c2Cl)cc1. The van der Waals surface area contributed by atoms with Gasteiger partial charge in [-0.1, -0.05) is 204 Å². The minimum atomic E-state index is -0.0902. The van der Waals surface area contributed by atoms with Gasteiger partial charge in [0, 0.05) is 22.6 Å². The van der Waals surface area contributed by atoms with Crippen molar-refractivity contribution < 1.29 is 0 Å². The average molecular weight is 940 g/mol. The number of benzene rings is 9. The van der Waals surface area contributed by atoms with Gasteiger partial charge < -0.3 is 9.80 Å². The maximum Gasteiger partial charge on any atom is 0.0887 e. The number of halogens is 1. The third kappa shape index (κ3) is 9.01. The first kappa shape index (κ1) is 48.7. The van der Waals surface area contributed by atoms with Crippen molar-refractivity contribution >= 4 is 78.0 Å². The van der Waals surface area contributed by atoms with Gasteiger partial charge in [-0.05, 0) is 168 Å². The van der Waals surface area contributed by atoms with Crippen LogP contribution in [0.25, 0.3) is 43.4 Å². The summed E-state index contributed by atoms with van der Waals surface area (Å²) >= 11 is 8.09. The summed E-state index contributed by atoms with van der Waals surface area (Å²) in [4.78, 5) is 4.74. The molecule has 2 nitrogen and oxygen atoms in total. The van der Waals surface area contributed by atoms with Gasteiger partial charge in [0.2, 0.25) is 0 Å². The lowest BCUT2D eigenvalue weighted by Gasteiger charge is -2.33. The fourth-order valence-electron chi connectivity index (χ4n) is 9.99. The summed E-state index contributed by atoms with van der Waals surface area (Å²) in [5, 5.41) is 8.23. The Morgan fingerprint density at radius 1 is 0.343 bits per heavy atom. The van der Waals surface area contributed by atoms with Crippen LogP contribution in [0, 0.1) is 0 Å². The van der Waals surface area contributed by atoms with Crippen LogP contribution in [-0.2, 0) is 21.7 Å². The first-order valence-corrected chi connectivity index (χ1v) is 25.9. The molecule has 0 radical (unpaired) electrons. The van der Waals surface area contributed by atoms with Crippen molar-refractivity contribution in [2.75, 3.05) is 9.80 Å². The van der Waals surface area contributed by atoms with Crippen molar-refractivity contribution in [3.8, 4) is 11.1 Å². The van der Waals surface area contributed by atoms with Gasteiger partial charge in [-0.15, -0.1) is 0 Å². The molecular formula is C67H71ClN2. The van der Waals surface area contributed by atoms with Crippen molar-refractivity contribution in [2.45, 2.75) is 124 Å². The van der Waals surface area contributed by atoms with E-state index in [4.69, 9.17) is 11.6 Å². The van der Waals surface area contributed by atoms with E-state index in [1.807, 2.05) is 0 Å². The fraction of sp³-hybridized carbons (Fsp3) is 0.284. The first-order valence-electron chi connectivity index (χ1n) is 25.6. The van der Waals surface area contributed by atoms with E-state index in [1.54, 1.807) is 0 Å². The standard InChI is InChI=1S/C67H71ClN2/c1-13-65(7,8)46-28-35-50(36-29-46)69(51-37-30-47(31-38-51)66(9,10)14-2)61-25-20-26-62(63(61)68)70(52-39-32-48(33-40-52)67(11,12)15-3)60-42-34-49(64(4,5)6)44-58(60)45-27-41-57-55-23-17-16-21-53(55)54-22-18-19-24-56(54)59(57)43-45/h16-44H,13-15H2,1-12H3. The van der Waals surface area contributed by atoms with Crippen molar-refractivity contribution in [1.29, 1.82) is 0 Å². The molecule has 0 unspecified atom stereocenters. The van der Waals surface area contributed by atoms with Crippen LogP contribution in [0.5, 0.6) is 0 Å². The third-order valence-corrected chi connectivity index (χ3v) is 16.4. The lowest BCUT2D eigenvalue weighted by atomic mass is 9.82. The largest absolute Gasteiger partial charge is 0.309 e. The molecule has 0 amide bonds. The molecule has 0 saturated heterocycles. The van der Waals surface area contributed by atoms with Crippen LogP contribution in [0.1, 0.15) is 125 Å². The van der Waals surface area contributed by atoms with Gasteiger partial charge in [-0.3, -0.25) is 0 Å². The molecule has 356 valence electrons. The maximum absolute atomic E-state index is 8.09. The van der Waals surface area contributed by atoms with E-state index in [1.165, 1.54) is 54.6 Å². The highest BCUT2D eigenvalue weighted by atomic mass is 35.5. The fourth-order valence-corrected chi connectivity index (χ4v) is 10.3. The second-order valence-corrected chi connectivity index (χ2v) is 22.8. The molecule has 0 spiro atoms. The van der Waals surface area contributed by atoms with Gasteiger partial charge in [-0.25, -0.2) is 0 Å². The van der Waals surface area contributed by atoms with E-state index in [9.17, 15) is 0 Å². The Bertz CT molecular complexity index is 3240. The van der Waals surface area contributed by atoms with Gasteiger partial charge in [-0.2, -0.15) is 0 Å². The second kappa shape index (κ2) is 18.8. The summed E-state index contributed by atoms with van der Waals surface area (Å²) in [5.41, 5.74) is 13.6. The van der Waals surface area contributed by atoms with E-state index < -0.39 is 0 Å². The minimum Gasteiger partial charge on any atom is -0.309 e. The van der Waals surface area contributed by atoms with E-state index >= 15 is 0 Å². The van der Waals surface area contributed by atoms with E-state index in [2.05, 4.69) is 269 Å². The third-order valence-electron chi connectivity index (χ3n) is 16.0. The molecule has 3 heteroatoms. The Kier molecular flexibility index (Phi) is 13.0. The molecule has 0 aliphatic rings. The van der Waals surface area contributed by atoms with Crippen LogP contribution in [-0.4, -0.2) is 0 Å². The molecule has 0 aliphatic carbocycles. The van der Waals surface area contributed by atoms with E-state index in [0.29, 0.717) is 5.02 Å². The zero-order valence-electron chi connectivity index (χ0n) is 43.6. The highest BCUT2D eigenvalue weighted by Gasteiger charge is 2.28. The molecule has 0 fully saturated rings. The number of hydrogen-bond acceptors (Lipinski definition) is 2. The number of nitrogens with zero attached hydrogens (tertiary/aromatic N) is 2. The number of fused-ring (bicyclic) bond motifs is 6. The molecule has 0 atom stereocenters. The number of rotatable bonds is 13. The molecule has 9 aromatic rings. The summed E-state index contributed by atoms with van der Waals surface area (Å²) < 4.78 is 0. The zero-order valence-corrected chi connectivity index (χ0v) is 44.4. The monoisotopic (exact) mass is 939 g/mol. The lowest BCUT2D eigenvalue weighted by molar-refractivity contribution is 0.506. The Hall–Kier alpha value is -6.35. The quantitative estimate of drug-likeness (QED) is 0.106. The smallest absolute Gasteiger partial charge is 0.0887 e. The van der Waals surface area contributed by atoms with Crippen LogP contribution in [0.15, 0.2) is 176 Å². The van der Waals surface area contributed by atoms with E-state index in [-0.39, 0.29) is 21.7 Å². The van der Waals surface area contributed by atoms with Crippen LogP contribution in [0.4, 0.5) is 34.1 Å². The van der Waals surface area contributed by atoms with E-state index in [0.717, 1.165) is 64.5 Å². The topological polar surface area (TPSA) is 6.48 Å². The van der Waals surface area contributed by atoms with Crippen molar-refractivity contribution in [3.63, 3.8) is 0 Å². The normalized spacial score (nSPS) is 12.5. The molecule has 0 saturated carbocycles. The Balaban J connectivity index is 1.30. The van der Waals surface area contributed by atoms with Crippen molar-refractivity contribution in [2.24, 2.45) is 0 Å². The Morgan fingerprint density at radius 3 is 1.13 bits per heavy atom. The van der Waals surface area contributed by atoms with Crippen LogP contribution in [0.2, 0.25) is 5.02 Å². The molecule has 0 N–H and O–H groups in total. The summed E-state index contributed by atoms with van der Waals surface area (Å²) in [6.07, 6.45) is 3.14. The van der Waals surface area contributed by atoms with Gasteiger partial charge in [0.1, 0.15) is 0 Å². The summed E-state index contributed by atoms with van der Waals surface area (Å²) in [7, 11) is 0. The molecular weight excluding hydrogens is 868 g/mol. The predicted molar refractivity (Wildman–Crippen MR) is 307 cm³/mol. The highest BCUT2D eigenvalue weighted by molar-refractivity contribution is 6.37. The maximum atomic E-state index is 8.09. The van der Waals surface area contributed by atoms with Crippen LogP contribution in [0.3, 0.4) is 0 Å². The minimum absolute atomic E-state index is 0.0305. The molecule has 9 aromatic carbocycles. The van der Waals surface area contributed by atoms with Gasteiger partial charge in [0.15, 0.2) is 0 Å². The van der Waals surface area contributed by atoms with Crippen molar-refractivity contribution in [3.05, 3.63) is 203 Å². The first-order chi connectivity index (χ1) is 33.4. The lowest BCUT2D eigenvalue weighted by Crippen LogP contribution is -2.18. The number of hydrogen-bond donors (Lipinski definition) is 0. The summed E-state index contributed by atoms with van der Waals surface area (Å²) in [6.45, 7) is 27.7. The zero-order chi connectivity index (χ0) is 49.8. The molecule has 0 aromatic heterocycles. The summed E-state index contributed by atoms with van der Waals surface area (Å²) in [5.74, 6) is 0. The van der Waals surface area contributed by atoms with Gasteiger partial charge in [0.25, 0.3) is 0 Å². The summed E-state index contributed by atoms with van der Waals surface area (Å²) in [6, 6.07) is 65.8. The second-order valence-electron chi connectivity index (χ2n) is 22.5. The Labute approximate surface area is 424 Å². The molecule has 0 bridgehead atoms.